The van der Waals surface area contributed by atoms with Crippen molar-refractivity contribution in [2.75, 3.05) is 36.5 Å². The molecule has 1 aliphatic heterocycles. The molecule has 1 N–H and O–H groups in total. The van der Waals surface area contributed by atoms with Crippen LogP contribution in [0.4, 0.5) is 11.4 Å². The molecule has 4 heteroatoms. The Labute approximate surface area is 113 Å². The molecule has 102 valence electrons. The number of rotatable bonds is 3. The summed E-state index contributed by atoms with van der Waals surface area (Å²) in [6, 6.07) is 8.12. The van der Waals surface area contributed by atoms with Gasteiger partial charge in [-0.15, -0.1) is 0 Å². The van der Waals surface area contributed by atoms with Crippen LogP contribution in [0.25, 0.3) is 0 Å². The summed E-state index contributed by atoms with van der Waals surface area (Å²) in [6.45, 7) is 3.46. The molecule has 0 radical (unpaired) electrons. The largest absolute Gasteiger partial charge is 0.378 e. The minimum Gasteiger partial charge on any atom is -0.378 e. The highest BCUT2D eigenvalue weighted by molar-refractivity contribution is 5.93. The normalized spacial score (nSPS) is 19.9. The van der Waals surface area contributed by atoms with Crippen molar-refractivity contribution in [1.82, 2.24) is 0 Å². The number of benzene rings is 1. The molecule has 1 saturated heterocycles. The van der Waals surface area contributed by atoms with Crippen molar-refractivity contribution < 1.29 is 9.53 Å². The van der Waals surface area contributed by atoms with Gasteiger partial charge in [-0.3, -0.25) is 4.79 Å². The molecule has 0 aromatic heterocycles. The Morgan fingerprint density at radius 1 is 1.16 bits per heavy atom. The summed E-state index contributed by atoms with van der Waals surface area (Å²) in [5, 5.41) is 2.99. The van der Waals surface area contributed by atoms with Gasteiger partial charge in [0.2, 0.25) is 5.91 Å². The van der Waals surface area contributed by atoms with Gasteiger partial charge in [-0.05, 0) is 37.1 Å². The number of anilines is 2. The molecule has 1 amide bonds. The molecule has 0 spiro atoms. The number of morpholine rings is 1. The summed E-state index contributed by atoms with van der Waals surface area (Å²) in [5.74, 6) is 0.407. The average Bonchev–Trinajstić information content (AvgIpc) is 2.38. The molecule has 0 bridgehead atoms. The number of hydrogen-bond acceptors (Lipinski definition) is 3. The number of hydrogen-bond donors (Lipinski definition) is 1. The van der Waals surface area contributed by atoms with Crippen LogP contribution in [-0.2, 0) is 9.53 Å². The van der Waals surface area contributed by atoms with E-state index in [0.717, 1.165) is 44.8 Å². The molecule has 2 fully saturated rings. The predicted octanol–water partition coefficient (Wildman–Crippen LogP) is 2.26. The zero-order chi connectivity index (χ0) is 13.1. The van der Waals surface area contributed by atoms with Gasteiger partial charge in [0.1, 0.15) is 0 Å². The standard InChI is InChI=1S/C15H20N2O2/c18-15(12-2-1-3-12)16-13-4-6-14(7-5-13)17-8-10-19-11-9-17/h4-7,12H,1-3,8-11H2,(H,16,18). The molecule has 1 saturated carbocycles. The second-order valence-corrected chi connectivity index (χ2v) is 5.26. The first-order valence-electron chi connectivity index (χ1n) is 7.06. The number of carbonyl (C=O) groups is 1. The van der Waals surface area contributed by atoms with Crippen molar-refractivity contribution in [2.24, 2.45) is 5.92 Å². The van der Waals surface area contributed by atoms with Crippen LogP contribution < -0.4 is 10.2 Å². The summed E-state index contributed by atoms with van der Waals surface area (Å²) < 4.78 is 5.34. The van der Waals surface area contributed by atoms with E-state index in [9.17, 15) is 4.79 Å². The molecule has 1 aromatic rings. The van der Waals surface area contributed by atoms with E-state index >= 15 is 0 Å². The Kier molecular flexibility index (Phi) is 3.69. The Morgan fingerprint density at radius 3 is 2.42 bits per heavy atom. The van der Waals surface area contributed by atoms with Crippen LogP contribution in [-0.4, -0.2) is 32.2 Å². The van der Waals surface area contributed by atoms with Crippen molar-refractivity contribution in [3.8, 4) is 0 Å². The second kappa shape index (κ2) is 5.61. The van der Waals surface area contributed by atoms with Crippen LogP contribution in [0, 0.1) is 5.92 Å². The lowest BCUT2D eigenvalue weighted by molar-refractivity contribution is -0.122. The Bertz CT molecular complexity index is 434. The van der Waals surface area contributed by atoms with Crippen molar-refractivity contribution in [2.45, 2.75) is 19.3 Å². The van der Waals surface area contributed by atoms with E-state index in [1.807, 2.05) is 12.1 Å². The predicted molar refractivity (Wildman–Crippen MR) is 75.4 cm³/mol. The SMILES string of the molecule is O=C(Nc1ccc(N2CCOCC2)cc1)C1CCC1. The van der Waals surface area contributed by atoms with Gasteiger partial charge in [-0.2, -0.15) is 0 Å². The molecule has 2 aliphatic rings. The lowest BCUT2D eigenvalue weighted by atomic mass is 9.85. The smallest absolute Gasteiger partial charge is 0.227 e. The zero-order valence-electron chi connectivity index (χ0n) is 11.1. The first-order chi connectivity index (χ1) is 9.33. The number of carbonyl (C=O) groups excluding carboxylic acids is 1. The van der Waals surface area contributed by atoms with Crippen molar-refractivity contribution >= 4 is 17.3 Å². The lowest BCUT2D eigenvalue weighted by Gasteiger charge is -2.29. The molecule has 1 aromatic carbocycles. The van der Waals surface area contributed by atoms with Crippen LogP contribution in [0.2, 0.25) is 0 Å². The summed E-state index contributed by atoms with van der Waals surface area (Å²) in [6.07, 6.45) is 3.27. The van der Waals surface area contributed by atoms with E-state index in [0.29, 0.717) is 0 Å². The second-order valence-electron chi connectivity index (χ2n) is 5.26. The summed E-state index contributed by atoms with van der Waals surface area (Å²) in [4.78, 5) is 14.1. The first-order valence-corrected chi connectivity index (χ1v) is 7.06. The quantitative estimate of drug-likeness (QED) is 0.906. The highest BCUT2D eigenvalue weighted by Gasteiger charge is 2.25. The minimum atomic E-state index is 0.172. The maximum Gasteiger partial charge on any atom is 0.227 e. The third kappa shape index (κ3) is 2.89. The fourth-order valence-corrected chi connectivity index (χ4v) is 2.49. The summed E-state index contributed by atoms with van der Waals surface area (Å²) in [5.41, 5.74) is 2.10. The van der Waals surface area contributed by atoms with Crippen LogP contribution >= 0.6 is 0 Å². The Hall–Kier alpha value is -1.55. The molecule has 1 heterocycles. The Morgan fingerprint density at radius 2 is 1.84 bits per heavy atom. The molecule has 1 aliphatic carbocycles. The molecule has 4 nitrogen and oxygen atoms in total. The van der Waals surface area contributed by atoms with Crippen LogP contribution in [0.1, 0.15) is 19.3 Å². The van der Waals surface area contributed by atoms with Crippen LogP contribution in [0.15, 0.2) is 24.3 Å². The van der Waals surface area contributed by atoms with Gasteiger partial charge in [-0.25, -0.2) is 0 Å². The van der Waals surface area contributed by atoms with Gasteiger partial charge in [0.05, 0.1) is 13.2 Å². The molecule has 19 heavy (non-hydrogen) atoms. The van der Waals surface area contributed by atoms with Gasteiger partial charge < -0.3 is 15.0 Å². The topological polar surface area (TPSA) is 41.6 Å². The first kappa shape index (κ1) is 12.5. The molecule has 0 unspecified atom stereocenters. The van der Waals surface area contributed by atoms with Crippen molar-refractivity contribution in [3.05, 3.63) is 24.3 Å². The third-order valence-electron chi connectivity index (χ3n) is 3.99. The maximum absolute atomic E-state index is 11.8. The fraction of sp³-hybridized carbons (Fsp3) is 0.533. The van der Waals surface area contributed by atoms with Gasteiger partial charge in [0.15, 0.2) is 0 Å². The van der Waals surface area contributed by atoms with E-state index in [2.05, 4.69) is 22.3 Å². The molecule has 0 atom stereocenters. The highest BCUT2D eigenvalue weighted by Crippen LogP contribution is 2.28. The average molecular weight is 260 g/mol. The number of nitrogens with one attached hydrogen (secondary N) is 1. The zero-order valence-corrected chi connectivity index (χ0v) is 11.1. The van der Waals surface area contributed by atoms with Gasteiger partial charge in [-0.1, -0.05) is 6.42 Å². The third-order valence-corrected chi connectivity index (χ3v) is 3.99. The van der Waals surface area contributed by atoms with Crippen LogP contribution in [0.3, 0.4) is 0 Å². The van der Waals surface area contributed by atoms with Crippen LogP contribution in [0.5, 0.6) is 0 Å². The van der Waals surface area contributed by atoms with Crippen molar-refractivity contribution in [3.63, 3.8) is 0 Å². The van der Waals surface area contributed by atoms with Gasteiger partial charge >= 0.3 is 0 Å². The number of ether oxygens (including phenoxy) is 1. The van der Waals surface area contributed by atoms with E-state index in [-0.39, 0.29) is 11.8 Å². The van der Waals surface area contributed by atoms with E-state index in [1.54, 1.807) is 0 Å². The molecule has 3 rings (SSSR count). The molecular formula is C15H20N2O2. The number of amides is 1. The highest BCUT2D eigenvalue weighted by atomic mass is 16.5. The van der Waals surface area contributed by atoms with Crippen molar-refractivity contribution in [1.29, 1.82) is 0 Å². The number of nitrogens with zero attached hydrogens (tertiary/aromatic N) is 1. The monoisotopic (exact) mass is 260 g/mol. The minimum absolute atomic E-state index is 0.172. The lowest BCUT2D eigenvalue weighted by Crippen LogP contribution is -2.36. The summed E-state index contributed by atoms with van der Waals surface area (Å²) >= 11 is 0. The van der Waals surface area contributed by atoms with E-state index in [4.69, 9.17) is 4.74 Å². The van der Waals surface area contributed by atoms with E-state index in [1.165, 1.54) is 12.1 Å². The fourth-order valence-electron chi connectivity index (χ4n) is 2.49. The summed E-state index contributed by atoms with van der Waals surface area (Å²) in [7, 11) is 0. The molecular weight excluding hydrogens is 240 g/mol. The van der Waals surface area contributed by atoms with Gasteiger partial charge in [0.25, 0.3) is 0 Å². The maximum atomic E-state index is 11.8. The Balaban J connectivity index is 1.59. The van der Waals surface area contributed by atoms with Gasteiger partial charge in [0, 0.05) is 30.4 Å². The van der Waals surface area contributed by atoms with E-state index < -0.39 is 0 Å².